The molecule has 0 aromatic heterocycles. The standard InChI is InChI=1S/C22H16N2O7/c23-5-6-27-19-11-2-4-13-20(31-9-29-13)16(11)15(17-18(19)22(26)24-21(17)25)10-1-3-12-14(7-10)30-8-28-12/h1-4,7H,5-6,8-9,23H2,(H,24,25,26). The van der Waals surface area contributed by atoms with E-state index < -0.39 is 11.8 Å². The van der Waals surface area contributed by atoms with E-state index in [0.717, 1.165) is 0 Å². The van der Waals surface area contributed by atoms with Crippen LogP contribution in [0.1, 0.15) is 20.7 Å². The number of nitrogens with one attached hydrogen (secondary N) is 1. The van der Waals surface area contributed by atoms with E-state index in [1.807, 2.05) is 6.07 Å². The van der Waals surface area contributed by atoms with E-state index in [1.165, 1.54) is 0 Å². The van der Waals surface area contributed by atoms with Crippen LogP contribution in [0.5, 0.6) is 28.7 Å². The second-order valence-corrected chi connectivity index (χ2v) is 7.16. The normalized spacial score (nSPS) is 15.4. The van der Waals surface area contributed by atoms with Crippen LogP contribution in [0.2, 0.25) is 0 Å². The number of carbonyl (C=O) groups excluding carboxylic acids is 2. The van der Waals surface area contributed by atoms with Gasteiger partial charge in [0.1, 0.15) is 12.4 Å². The summed E-state index contributed by atoms with van der Waals surface area (Å²) in [4.78, 5) is 25.7. The molecule has 0 bridgehead atoms. The molecule has 9 heteroatoms. The van der Waals surface area contributed by atoms with Crippen LogP contribution in [0, 0.1) is 0 Å². The number of nitrogens with two attached hydrogens (primary N) is 1. The quantitative estimate of drug-likeness (QED) is 0.617. The van der Waals surface area contributed by atoms with Gasteiger partial charge in [-0.3, -0.25) is 14.9 Å². The number of amides is 2. The molecule has 0 saturated heterocycles. The number of rotatable bonds is 4. The van der Waals surface area contributed by atoms with E-state index in [4.69, 9.17) is 29.4 Å². The second-order valence-electron chi connectivity index (χ2n) is 7.16. The highest BCUT2D eigenvalue weighted by Crippen LogP contribution is 2.51. The molecule has 0 atom stereocenters. The van der Waals surface area contributed by atoms with Gasteiger partial charge in [0.15, 0.2) is 23.0 Å². The monoisotopic (exact) mass is 420 g/mol. The van der Waals surface area contributed by atoms with Gasteiger partial charge >= 0.3 is 0 Å². The van der Waals surface area contributed by atoms with Crippen molar-refractivity contribution in [1.82, 2.24) is 5.32 Å². The molecule has 0 radical (unpaired) electrons. The van der Waals surface area contributed by atoms with Crippen molar-refractivity contribution in [1.29, 1.82) is 0 Å². The van der Waals surface area contributed by atoms with Crippen LogP contribution >= 0.6 is 0 Å². The predicted molar refractivity (Wildman–Crippen MR) is 108 cm³/mol. The summed E-state index contributed by atoms with van der Waals surface area (Å²) in [5, 5.41) is 3.62. The zero-order chi connectivity index (χ0) is 21.1. The lowest BCUT2D eigenvalue weighted by molar-refractivity contribution is 0.0879. The number of imide groups is 1. The Hall–Kier alpha value is -3.98. The van der Waals surface area contributed by atoms with Gasteiger partial charge in [-0.15, -0.1) is 0 Å². The average Bonchev–Trinajstić information content (AvgIpc) is 3.50. The molecule has 0 unspecified atom stereocenters. The summed E-state index contributed by atoms with van der Waals surface area (Å²) in [7, 11) is 0. The molecular formula is C22H16N2O7. The fraction of sp³-hybridized carbons (Fsp3) is 0.182. The summed E-state index contributed by atoms with van der Waals surface area (Å²) in [6.07, 6.45) is 0. The maximum absolute atomic E-state index is 12.9. The second kappa shape index (κ2) is 6.51. The van der Waals surface area contributed by atoms with Gasteiger partial charge < -0.3 is 29.4 Å². The smallest absolute Gasteiger partial charge is 0.262 e. The first kappa shape index (κ1) is 17.8. The number of hydrogen-bond donors (Lipinski definition) is 2. The summed E-state index contributed by atoms with van der Waals surface area (Å²) in [5.74, 6) is 1.45. The number of ether oxygens (including phenoxy) is 5. The van der Waals surface area contributed by atoms with Crippen molar-refractivity contribution in [3.05, 3.63) is 41.5 Å². The summed E-state index contributed by atoms with van der Waals surface area (Å²) in [6.45, 7) is 0.603. The Kier molecular flexibility index (Phi) is 3.75. The Balaban J connectivity index is 1.75. The lowest BCUT2D eigenvalue weighted by atomic mass is 9.88. The van der Waals surface area contributed by atoms with E-state index in [-0.39, 0.29) is 37.9 Å². The molecule has 156 valence electrons. The SMILES string of the molecule is NCCOc1c2c(c(-c3ccc4c(c3)OCO4)c3c4c(ccc13)OCO4)C(=O)NC2=O. The molecule has 0 aliphatic carbocycles. The summed E-state index contributed by atoms with van der Waals surface area (Å²) in [6, 6.07) is 8.91. The van der Waals surface area contributed by atoms with Crippen molar-refractivity contribution in [3.63, 3.8) is 0 Å². The summed E-state index contributed by atoms with van der Waals surface area (Å²) in [5.41, 5.74) is 7.23. The largest absolute Gasteiger partial charge is 0.491 e. The number of carbonyl (C=O) groups is 2. The zero-order valence-electron chi connectivity index (χ0n) is 16.2. The first-order valence-corrected chi connectivity index (χ1v) is 9.68. The van der Waals surface area contributed by atoms with Gasteiger partial charge in [0, 0.05) is 22.9 Å². The van der Waals surface area contributed by atoms with Crippen molar-refractivity contribution in [3.8, 4) is 39.9 Å². The molecule has 3 N–H and O–H groups in total. The maximum atomic E-state index is 12.9. The lowest BCUT2D eigenvalue weighted by Gasteiger charge is -2.18. The van der Waals surface area contributed by atoms with E-state index in [1.54, 1.807) is 24.3 Å². The van der Waals surface area contributed by atoms with E-state index in [2.05, 4.69) is 5.32 Å². The molecule has 6 rings (SSSR count). The molecule has 0 spiro atoms. The summed E-state index contributed by atoms with van der Waals surface area (Å²) < 4.78 is 28.2. The van der Waals surface area contributed by atoms with E-state index in [9.17, 15) is 9.59 Å². The van der Waals surface area contributed by atoms with Crippen LogP contribution in [0.25, 0.3) is 21.9 Å². The Bertz CT molecular complexity index is 1300. The molecule has 2 amide bonds. The minimum absolute atomic E-state index is 0.0518. The lowest BCUT2D eigenvalue weighted by Crippen LogP contribution is -2.20. The first-order valence-electron chi connectivity index (χ1n) is 9.68. The topological polar surface area (TPSA) is 118 Å². The molecule has 9 nitrogen and oxygen atoms in total. The Morgan fingerprint density at radius 3 is 2.48 bits per heavy atom. The third kappa shape index (κ3) is 2.47. The molecule has 31 heavy (non-hydrogen) atoms. The number of fused-ring (bicyclic) bond motifs is 5. The minimum atomic E-state index is -0.520. The molecule has 3 aromatic rings. The molecule has 0 saturated carbocycles. The predicted octanol–water partition coefficient (Wildman–Crippen LogP) is 2.19. The Morgan fingerprint density at radius 1 is 0.871 bits per heavy atom. The summed E-state index contributed by atoms with van der Waals surface area (Å²) >= 11 is 0. The van der Waals surface area contributed by atoms with Crippen molar-refractivity contribution >= 4 is 22.6 Å². The van der Waals surface area contributed by atoms with Crippen LogP contribution in [0.3, 0.4) is 0 Å². The zero-order valence-corrected chi connectivity index (χ0v) is 16.2. The van der Waals surface area contributed by atoms with Gasteiger partial charge in [0.25, 0.3) is 11.8 Å². The van der Waals surface area contributed by atoms with Gasteiger partial charge in [-0.05, 0) is 29.8 Å². The van der Waals surface area contributed by atoms with Crippen LogP contribution in [-0.2, 0) is 0 Å². The molecule has 3 heterocycles. The van der Waals surface area contributed by atoms with Gasteiger partial charge in [-0.1, -0.05) is 6.07 Å². The van der Waals surface area contributed by atoms with Crippen molar-refractivity contribution < 1.29 is 33.3 Å². The average molecular weight is 420 g/mol. The van der Waals surface area contributed by atoms with E-state index in [0.29, 0.717) is 50.6 Å². The molecule has 0 fully saturated rings. The van der Waals surface area contributed by atoms with Crippen LogP contribution < -0.4 is 34.7 Å². The molecule has 3 aromatic carbocycles. The van der Waals surface area contributed by atoms with Gasteiger partial charge in [-0.2, -0.15) is 0 Å². The minimum Gasteiger partial charge on any atom is -0.491 e. The fourth-order valence-corrected chi connectivity index (χ4v) is 4.23. The van der Waals surface area contributed by atoms with Crippen molar-refractivity contribution in [2.75, 3.05) is 26.7 Å². The van der Waals surface area contributed by atoms with Crippen LogP contribution in [0.15, 0.2) is 30.3 Å². The highest BCUT2D eigenvalue weighted by molar-refractivity contribution is 6.30. The Labute approximate surface area is 175 Å². The molecular weight excluding hydrogens is 404 g/mol. The third-order valence-electron chi connectivity index (χ3n) is 5.47. The Morgan fingerprint density at radius 2 is 1.61 bits per heavy atom. The third-order valence-corrected chi connectivity index (χ3v) is 5.47. The van der Waals surface area contributed by atoms with Crippen molar-refractivity contribution in [2.45, 2.75) is 0 Å². The van der Waals surface area contributed by atoms with Gasteiger partial charge in [0.2, 0.25) is 13.6 Å². The van der Waals surface area contributed by atoms with E-state index >= 15 is 0 Å². The van der Waals surface area contributed by atoms with Gasteiger partial charge in [0.05, 0.1) is 11.1 Å². The van der Waals surface area contributed by atoms with Gasteiger partial charge in [-0.25, -0.2) is 0 Å². The molecule has 3 aliphatic rings. The fourth-order valence-electron chi connectivity index (χ4n) is 4.23. The maximum Gasteiger partial charge on any atom is 0.262 e. The number of hydrogen-bond acceptors (Lipinski definition) is 8. The van der Waals surface area contributed by atoms with Crippen LogP contribution in [-0.4, -0.2) is 38.6 Å². The highest BCUT2D eigenvalue weighted by Gasteiger charge is 2.38. The molecule has 3 aliphatic heterocycles. The van der Waals surface area contributed by atoms with Crippen LogP contribution in [0.4, 0.5) is 0 Å². The van der Waals surface area contributed by atoms with Crippen molar-refractivity contribution in [2.24, 2.45) is 5.73 Å². The highest BCUT2D eigenvalue weighted by atomic mass is 16.7. The first-order chi connectivity index (χ1) is 15.2. The number of benzene rings is 3.